The van der Waals surface area contributed by atoms with Gasteiger partial charge >= 0.3 is 0 Å². The van der Waals surface area contributed by atoms with Crippen LogP contribution in [0, 0.1) is 0 Å². The zero-order valence-corrected chi connectivity index (χ0v) is 11.1. The number of hydrogen-bond donors (Lipinski definition) is 2. The molecule has 0 aliphatic heterocycles. The van der Waals surface area contributed by atoms with Gasteiger partial charge in [-0.25, -0.2) is 9.97 Å². The Labute approximate surface area is 120 Å². The van der Waals surface area contributed by atoms with Crippen LogP contribution in [0.4, 0.5) is 17.3 Å². The van der Waals surface area contributed by atoms with Crippen LogP contribution < -0.4 is 11.1 Å². The molecule has 0 spiro atoms. The number of aromatic nitrogens is 4. The molecule has 4 rings (SSSR count). The van der Waals surface area contributed by atoms with Gasteiger partial charge in [-0.15, -0.1) is 0 Å². The molecule has 0 fully saturated rings. The third-order valence-corrected chi connectivity index (χ3v) is 3.26. The van der Waals surface area contributed by atoms with Crippen LogP contribution in [0.1, 0.15) is 0 Å². The summed E-state index contributed by atoms with van der Waals surface area (Å²) in [6, 6.07) is 9.88. The first-order valence-electron chi connectivity index (χ1n) is 6.50. The first-order chi connectivity index (χ1) is 10.3. The predicted molar refractivity (Wildman–Crippen MR) is 82.4 cm³/mol. The SMILES string of the molecule is Nc1cn2ccnc2c(Nc2ccc3ncccc3c2)n1. The molecule has 0 amide bonds. The van der Waals surface area contributed by atoms with Gasteiger partial charge in [-0.2, -0.15) is 0 Å². The second kappa shape index (κ2) is 4.45. The standard InChI is InChI=1S/C15H12N6/c16-13-9-21-7-6-18-15(21)14(20-13)19-11-3-4-12-10(8-11)2-1-5-17-12/h1-9H,16H2,(H,19,20). The maximum absolute atomic E-state index is 5.82. The van der Waals surface area contributed by atoms with E-state index in [1.165, 1.54) is 0 Å². The molecule has 3 heterocycles. The van der Waals surface area contributed by atoms with Gasteiger partial charge in [-0.1, -0.05) is 6.07 Å². The summed E-state index contributed by atoms with van der Waals surface area (Å²) in [4.78, 5) is 12.9. The monoisotopic (exact) mass is 276 g/mol. The number of rotatable bonds is 2. The van der Waals surface area contributed by atoms with Crippen LogP contribution in [0.3, 0.4) is 0 Å². The van der Waals surface area contributed by atoms with Crippen molar-refractivity contribution in [3.63, 3.8) is 0 Å². The van der Waals surface area contributed by atoms with Crippen molar-refractivity contribution in [1.82, 2.24) is 19.4 Å². The van der Waals surface area contributed by atoms with Gasteiger partial charge < -0.3 is 15.5 Å². The lowest BCUT2D eigenvalue weighted by molar-refractivity contribution is 1.14. The fourth-order valence-corrected chi connectivity index (χ4v) is 2.33. The molecule has 0 saturated heterocycles. The fraction of sp³-hybridized carbons (Fsp3) is 0. The summed E-state index contributed by atoms with van der Waals surface area (Å²) in [5.41, 5.74) is 8.42. The van der Waals surface area contributed by atoms with Gasteiger partial charge in [0.25, 0.3) is 0 Å². The number of hydrogen-bond acceptors (Lipinski definition) is 5. The summed E-state index contributed by atoms with van der Waals surface area (Å²) in [5.74, 6) is 1.06. The maximum atomic E-state index is 5.82. The molecule has 0 aliphatic carbocycles. The Morgan fingerprint density at radius 1 is 1.10 bits per heavy atom. The van der Waals surface area contributed by atoms with E-state index in [0.717, 1.165) is 22.2 Å². The van der Waals surface area contributed by atoms with Crippen LogP contribution in [0.2, 0.25) is 0 Å². The average Bonchev–Trinajstić information content (AvgIpc) is 2.95. The summed E-state index contributed by atoms with van der Waals surface area (Å²) in [5, 5.41) is 4.32. The highest BCUT2D eigenvalue weighted by atomic mass is 15.1. The highest BCUT2D eigenvalue weighted by Gasteiger charge is 2.07. The quantitative estimate of drug-likeness (QED) is 0.588. The first kappa shape index (κ1) is 11.7. The molecule has 3 N–H and O–H groups in total. The van der Waals surface area contributed by atoms with Gasteiger partial charge in [0.2, 0.25) is 0 Å². The van der Waals surface area contributed by atoms with Crippen molar-refractivity contribution >= 4 is 33.9 Å². The zero-order valence-electron chi connectivity index (χ0n) is 11.1. The van der Waals surface area contributed by atoms with Crippen LogP contribution in [-0.4, -0.2) is 19.4 Å². The Hall–Kier alpha value is -3.15. The summed E-state index contributed by atoms with van der Waals surface area (Å²) in [6.45, 7) is 0. The Morgan fingerprint density at radius 3 is 3.00 bits per heavy atom. The van der Waals surface area contributed by atoms with Crippen molar-refractivity contribution in [2.24, 2.45) is 0 Å². The molecule has 6 heteroatoms. The lowest BCUT2D eigenvalue weighted by Crippen LogP contribution is -2.01. The van der Waals surface area contributed by atoms with E-state index < -0.39 is 0 Å². The molecular weight excluding hydrogens is 264 g/mol. The minimum absolute atomic E-state index is 0.436. The number of imidazole rings is 1. The van der Waals surface area contributed by atoms with Gasteiger partial charge in [-0.05, 0) is 24.3 Å². The normalized spacial score (nSPS) is 11.0. The molecule has 0 radical (unpaired) electrons. The van der Waals surface area contributed by atoms with E-state index in [0.29, 0.717) is 11.6 Å². The van der Waals surface area contributed by atoms with Gasteiger partial charge in [0, 0.05) is 29.7 Å². The number of benzene rings is 1. The Balaban J connectivity index is 1.80. The smallest absolute Gasteiger partial charge is 0.180 e. The van der Waals surface area contributed by atoms with Crippen molar-refractivity contribution in [1.29, 1.82) is 0 Å². The molecule has 102 valence electrons. The molecule has 6 nitrogen and oxygen atoms in total. The lowest BCUT2D eigenvalue weighted by Gasteiger charge is -2.08. The van der Waals surface area contributed by atoms with Gasteiger partial charge in [0.15, 0.2) is 11.5 Å². The number of nitrogens with zero attached hydrogens (tertiary/aromatic N) is 4. The fourth-order valence-electron chi connectivity index (χ4n) is 2.33. The number of pyridine rings is 1. The molecule has 0 unspecified atom stereocenters. The number of nitrogens with two attached hydrogens (primary N) is 1. The van der Waals surface area contributed by atoms with Gasteiger partial charge in [0.05, 0.1) is 11.7 Å². The molecule has 0 aliphatic rings. The third-order valence-electron chi connectivity index (χ3n) is 3.26. The summed E-state index contributed by atoms with van der Waals surface area (Å²) in [6.07, 6.45) is 7.07. The molecule has 3 aromatic heterocycles. The molecule has 4 aromatic rings. The number of anilines is 3. The van der Waals surface area contributed by atoms with E-state index in [2.05, 4.69) is 20.3 Å². The topological polar surface area (TPSA) is 81.1 Å². The van der Waals surface area contributed by atoms with Gasteiger partial charge in [0.1, 0.15) is 5.82 Å². The number of nitrogen functional groups attached to an aromatic ring is 1. The van der Waals surface area contributed by atoms with Crippen molar-refractivity contribution < 1.29 is 0 Å². The largest absolute Gasteiger partial charge is 0.382 e. The van der Waals surface area contributed by atoms with E-state index >= 15 is 0 Å². The maximum Gasteiger partial charge on any atom is 0.180 e. The van der Waals surface area contributed by atoms with E-state index in [9.17, 15) is 0 Å². The van der Waals surface area contributed by atoms with Crippen molar-refractivity contribution in [2.75, 3.05) is 11.1 Å². The number of fused-ring (bicyclic) bond motifs is 2. The van der Waals surface area contributed by atoms with Crippen LogP contribution >= 0.6 is 0 Å². The average molecular weight is 276 g/mol. The van der Waals surface area contributed by atoms with Gasteiger partial charge in [-0.3, -0.25) is 4.98 Å². The van der Waals surface area contributed by atoms with Crippen LogP contribution in [0.5, 0.6) is 0 Å². The van der Waals surface area contributed by atoms with Crippen LogP contribution in [0.15, 0.2) is 55.1 Å². The highest BCUT2D eigenvalue weighted by molar-refractivity contribution is 5.84. The van der Waals surface area contributed by atoms with Crippen LogP contribution in [0.25, 0.3) is 16.6 Å². The Bertz CT molecular complexity index is 943. The van der Waals surface area contributed by atoms with Crippen molar-refractivity contribution in [3.05, 3.63) is 55.1 Å². The highest BCUT2D eigenvalue weighted by Crippen LogP contribution is 2.23. The predicted octanol–water partition coefficient (Wildman–Crippen LogP) is 2.60. The van der Waals surface area contributed by atoms with Crippen molar-refractivity contribution in [2.45, 2.75) is 0 Å². The lowest BCUT2D eigenvalue weighted by atomic mass is 10.2. The Kier molecular flexibility index (Phi) is 2.47. The molecule has 0 bridgehead atoms. The zero-order chi connectivity index (χ0) is 14.2. The summed E-state index contributed by atoms with van der Waals surface area (Å²) < 4.78 is 1.84. The van der Waals surface area contributed by atoms with E-state index in [-0.39, 0.29) is 0 Å². The molecule has 0 atom stereocenters. The number of nitrogens with one attached hydrogen (secondary N) is 1. The minimum atomic E-state index is 0.436. The van der Waals surface area contributed by atoms with E-state index in [1.54, 1.807) is 18.6 Å². The summed E-state index contributed by atoms with van der Waals surface area (Å²) in [7, 11) is 0. The van der Waals surface area contributed by atoms with Crippen LogP contribution in [-0.2, 0) is 0 Å². The second-order valence-corrected chi connectivity index (χ2v) is 4.71. The second-order valence-electron chi connectivity index (χ2n) is 4.71. The first-order valence-corrected chi connectivity index (χ1v) is 6.50. The summed E-state index contributed by atoms with van der Waals surface area (Å²) >= 11 is 0. The van der Waals surface area contributed by atoms with E-state index in [1.807, 2.05) is 40.9 Å². The van der Waals surface area contributed by atoms with E-state index in [4.69, 9.17) is 5.73 Å². The van der Waals surface area contributed by atoms with Crippen molar-refractivity contribution in [3.8, 4) is 0 Å². The molecule has 0 saturated carbocycles. The Morgan fingerprint density at radius 2 is 2.05 bits per heavy atom. The molecule has 21 heavy (non-hydrogen) atoms. The molecular formula is C15H12N6. The minimum Gasteiger partial charge on any atom is -0.382 e. The molecule has 1 aromatic carbocycles. The third kappa shape index (κ3) is 2.02.